The Morgan fingerprint density at radius 3 is 2.83 bits per heavy atom. The summed E-state index contributed by atoms with van der Waals surface area (Å²) in [7, 11) is -3.72. The van der Waals surface area contributed by atoms with Crippen molar-refractivity contribution in [1.29, 1.82) is 0 Å². The van der Waals surface area contributed by atoms with Crippen molar-refractivity contribution in [2.45, 2.75) is 25.3 Å². The molecule has 1 heterocycles. The van der Waals surface area contributed by atoms with E-state index < -0.39 is 15.9 Å². The van der Waals surface area contributed by atoms with E-state index in [1.165, 1.54) is 18.4 Å². The summed E-state index contributed by atoms with van der Waals surface area (Å²) in [4.78, 5) is 12.3. The van der Waals surface area contributed by atoms with Crippen LogP contribution in [0.25, 0.3) is 11.0 Å². The lowest BCUT2D eigenvalue weighted by atomic mass is 10.1. The van der Waals surface area contributed by atoms with Gasteiger partial charge < -0.3 is 10.2 Å². The van der Waals surface area contributed by atoms with Crippen molar-refractivity contribution in [1.82, 2.24) is 4.72 Å². The van der Waals surface area contributed by atoms with Gasteiger partial charge in [0.25, 0.3) is 5.91 Å². The van der Waals surface area contributed by atoms with Gasteiger partial charge in [0.15, 0.2) is 5.58 Å². The van der Waals surface area contributed by atoms with E-state index in [9.17, 15) is 13.2 Å². The molecule has 124 valence electrons. The van der Waals surface area contributed by atoms with Crippen molar-refractivity contribution in [3.05, 3.63) is 35.0 Å². The van der Waals surface area contributed by atoms with Crippen LogP contribution < -0.4 is 10.5 Å². The molecule has 3 N–H and O–H groups in total. The van der Waals surface area contributed by atoms with E-state index >= 15 is 0 Å². The SMILES string of the molecule is N[C@@H]1CC[C@H](CS(=O)(=O)NC(=O)c2ccc(Cl)c3occc23)C1. The number of halogens is 1. The quantitative estimate of drug-likeness (QED) is 0.874. The number of hydrogen-bond acceptors (Lipinski definition) is 5. The van der Waals surface area contributed by atoms with Crippen LogP contribution in [0, 0.1) is 5.92 Å². The highest BCUT2D eigenvalue weighted by Crippen LogP contribution is 2.28. The summed E-state index contributed by atoms with van der Waals surface area (Å²) < 4.78 is 31.7. The third-order valence-corrected chi connectivity index (χ3v) is 5.80. The van der Waals surface area contributed by atoms with Crippen molar-refractivity contribution in [2.75, 3.05) is 5.75 Å². The molecule has 8 heteroatoms. The van der Waals surface area contributed by atoms with E-state index in [-0.39, 0.29) is 23.3 Å². The molecule has 0 radical (unpaired) electrons. The van der Waals surface area contributed by atoms with Gasteiger partial charge in [-0.1, -0.05) is 11.6 Å². The molecule has 0 aliphatic heterocycles. The topological polar surface area (TPSA) is 102 Å². The summed E-state index contributed by atoms with van der Waals surface area (Å²) in [6.07, 6.45) is 3.66. The summed E-state index contributed by atoms with van der Waals surface area (Å²) in [6, 6.07) is 4.62. The van der Waals surface area contributed by atoms with E-state index in [2.05, 4.69) is 4.72 Å². The average molecular weight is 357 g/mol. The zero-order chi connectivity index (χ0) is 16.6. The molecule has 1 aliphatic carbocycles. The molecule has 3 rings (SSSR count). The molecule has 2 atom stereocenters. The van der Waals surface area contributed by atoms with Crippen LogP contribution in [0.5, 0.6) is 0 Å². The first-order chi connectivity index (χ1) is 10.9. The normalized spacial score (nSPS) is 21.7. The summed E-state index contributed by atoms with van der Waals surface area (Å²) in [5.41, 5.74) is 6.37. The molecule has 1 aromatic carbocycles. The molecule has 1 amide bonds. The van der Waals surface area contributed by atoms with Crippen LogP contribution in [0.4, 0.5) is 0 Å². The van der Waals surface area contributed by atoms with Crippen LogP contribution in [-0.4, -0.2) is 26.1 Å². The van der Waals surface area contributed by atoms with Gasteiger partial charge >= 0.3 is 0 Å². The maximum Gasteiger partial charge on any atom is 0.265 e. The zero-order valence-corrected chi connectivity index (χ0v) is 13.9. The second-order valence-electron chi connectivity index (χ2n) is 5.91. The van der Waals surface area contributed by atoms with Gasteiger partial charge in [-0.15, -0.1) is 0 Å². The highest BCUT2D eigenvalue weighted by atomic mass is 35.5. The van der Waals surface area contributed by atoms with Gasteiger partial charge in [0.2, 0.25) is 10.0 Å². The molecule has 23 heavy (non-hydrogen) atoms. The monoisotopic (exact) mass is 356 g/mol. The van der Waals surface area contributed by atoms with E-state index in [4.69, 9.17) is 21.8 Å². The van der Waals surface area contributed by atoms with E-state index in [1.807, 2.05) is 0 Å². The molecule has 1 aromatic heterocycles. The van der Waals surface area contributed by atoms with Crippen LogP contribution in [0.3, 0.4) is 0 Å². The number of carbonyl (C=O) groups excluding carboxylic acids is 1. The fourth-order valence-corrected chi connectivity index (χ4v) is 4.65. The summed E-state index contributed by atoms with van der Waals surface area (Å²) in [6.45, 7) is 0. The number of fused-ring (bicyclic) bond motifs is 1. The maximum atomic E-state index is 12.3. The summed E-state index contributed by atoms with van der Waals surface area (Å²) in [5.74, 6) is -0.779. The second-order valence-corrected chi connectivity index (χ2v) is 8.08. The van der Waals surface area contributed by atoms with Crippen LogP contribution in [0.1, 0.15) is 29.6 Å². The zero-order valence-electron chi connectivity index (χ0n) is 12.3. The molecule has 6 nitrogen and oxygen atoms in total. The second kappa shape index (κ2) is 6.14. The average Bonchev–Trinajstić information content (AvgIpc) is 3.07. The molecule has 2 aromatic rings. The number of sulfonamides is 1. The molecule has 0 bridgehead atoms. The van der Waals surface area contributed by atoms with Crippen molar-refractivity contribution in [2.24, 2.45) is 11.7 Å². The Morgan fingerprint density at radius 1 is 1.35 bits per heavy atom. The molecular formula is C15H17ClN2O4S. The highest BCUT2D eigenvalue weighted by Gasteiger charge is 2.28. The van der Waals surface area contributed by atoms with E-state index in [0.29, 0.717) is 22.4 Å². The van der Waals surface area contributed by atoms with Crippen molar-refractivity contribution >= 4 is 38.5 Å². The third-order valence-electron chi connectivity index (χ3n) is 4.10. The molecular weight excluding hydrogens is 340 g/mol. The maximum absolute atomic E-state index is 12.3. The van der Waals surface area contributed by atoms with Gasteiger partial charge in [-0.3, -0.25) is 4.79 Å². The standard InChI is InChI=1S/C15H17ClN2O4S/c16-13-4-3-12(11-5-6-22-14(11)13)15(19)18-23(20,21)8-9-1-2-10(17)7-9/h3-6,9-10H,1-2,7-8,17H2,(H,18,19)/t9-,10+/m0/s1. The minimum Gasteiger partial charge on any atom is -0.463 e. The molecule has 1 aliphatic rings. The first-order valence-corrected chi connectivity index (χ1v) is 9.35. The Kier molecular flexibility index (Phi) is 4.35. The Labute approximate surface area is 139 Å². The molecule has 0 unspecified atom stereocenters. The van der Waals surface area contributed by atoms with Crippen LogP contribution >= 0.6 is 11.6 Å². The molecule has 0 saturated heterocycles. The molecule has 0 spiro atoms. The first-order valence-electron chi connectivity index (χ1n) is 7.32. The van der Waals surface area contributed by atoms with Gasteiger partial charge in [-0.2, -0.15) is 0 Å². The fourth-order valence-electron chi connectivity index (χ4n) is 3.04. The predicted octanol–water partition coefficient (Wildman–Crippen LogP) is 2.27. The smallest absolute Gasteiger partial charge is 0.265 e. The van der Waals surface area contributed by atoms with Gasteiger partial charge in [-0.25, -0.2) is 13.1 Å². The van der Waals surface area contributed by atoms with Gasteiger partial charge in [0.1, 0.15) is 0 Å². The lowest BCUT2D eigenvalue weighted by Gasteiger charge is -2.12. The Bertz CT molecular complexity index is 846. The van der Waals surface area contributed by atoms with Crippen LogP contribution in [0.15, 0.2) is 28.9 Å². The number of benzene rings is 1. The van der Waals surface area contributed by atoms with Crippen molar-refractivity contribution in [3.63, 3.8) is 0 Å². The van der Waals surface area contributed by atoms with E-state index in [0.717, 1.165) is 12.8 Å². The number of carbonyl (C=O) groups is 1. The van der Waals surface area contributed by atoms with Crippen LogP contribution in [0.2, 0.25) is 5.02 Å². The lowest BCUT2D eigenvalue weighted by molar-refractivity contribution is 0.0983. The fraction of sp³-hybridized carbons (Fsp3) is 0.400. The summed E-state index contributed by atoms with van der Waals surface area (Å²) in [5, 5.41) is 0.845. The Morgan fingerprint density at radius 2 is 2.13 bits per heavy atom. The highest BCUT2D eigenvalue weighted by molar-refractivity contribution is 7.90. The molecule has 1 fully saturated rings. The summed E-state index contributed by atoms with van der Waals surface area (Å²) >= 11 is 5.98. The Balaban J connectivity index is 1.77. The lowest BCUT2D eigenvalue weighted by Crippen LogP contribution is -2.34. The van der Waals surface area contributed by atoms with Crippen LogP contribution in [-0.2, 0) is 10.0 Å². The number of rotatable bonds is 4. The van der Waals surface area contributed by atoms with Crippen molar-refractivity contribution in [3.8, 4) is 0 Å². The number of nitrogens with one attached hydrogen (secondary N) is 1. The largest absolute Gasteiger partial charge is 0.463 e. The minimum absolute atomic E-state index is 0.00513. The third kappa shape index (κ3) is 3.52. The number of amides is 1. The first kappa shape index (κ1) is 16.3. The number of nitrogens with two attached hydrogens (primary N) is 1. The number of hydrogen-bond donors (Lipinski definition) is 2. The number of furan rings is 1. The van der Waals surface area contributed by atoms with Gasteiger partial charge in [0, 0.05) is 11.4 Å². The van der Waals surface area contributed by atoms with Crippen molar-refractivity contribution < 1.29 is 17.6 Å². The molecule has 1 saturated carbocycles. The van der Waals surface area contributed by atoms with Gasteiger partial charge in [-0.05, 0) is 43.4 Å². The minimum atomic E-state index is -3.72. The van der Waals surface area contributed by atoms with Gasteiger partial charge in [0.05, 0.1) is 22.6 Å². The Hall–Kier alpha value is -1.57. The predicted molar refractivity (Wildman–Crippen MR) is 87.8 cm³/mol. The van der Waals surface area contributed by atoms with E-state index in [1.54, 1.807) is 6.07 Å².